The van der Waals surface area contributed by atoms with Crippen molar-refractivity contribution in [1.29, 1.82) is 0 Å². The number of anilines is 1. The summed E-state index contributed by atoms with van der Waals surface area (Å²) in [6.07, 6.45) is 0.272. The van der Waals surface area contributed by atoms with Crippen LogP contribution >= 0.6 is 0 Å². The van der Waals surface area contributed by atoms with Gasteiger partial charge in [0.2, 0.25) is 5.91 Å². The summed E-state index contributed by atoms with van der Waals surface area (Å²) in [6.45, 7) is 3.27. The number of nitrogens with zero attached hydrogens (tertiary/aromatic N) is 2. The van der Waals surface area contributed by atoms with Crippen molar-refractivity contribution in [3.05, 3.63) is 29.3 Å². The fraction of sp³-hybridized carbons (Fsp3) is 0.467. The number of rotatable bonds is 3. The van der Waals surface area contributed by atoms with Crippen LogP contribution in [0.4, 0.5) is 5.69 Å². The smallest absolute Gasteiger partial charge is 0.339 e. The Kier molecular flexibility index (Phi) is 4.80. The largest absolute Gasteiger partial charge is 0.465 e. The number of esters is 1. The minimum Gasteiger partial charge on any atom is -0.465 e. The molecular weight excluding hydrogens is 270 g/mol. The number of likely N-dealkylation sites (N-methyl/N-ethyl adjacent to an activating group) is 1. The molecular formula is C15H21N3O3. The van der Waals surface area contributed by atoms with E-state index in [4.69, 9.17) is 5.73 Å². The number of ether oxygens (including phenoxy) is 1. The maximum Gasteiger partial charge on any atom is 0.339 e. The van der Waals surface area contributed by atoms with Crippen molar-refractivity contribution in [3.8, 4) is 0 Å². The molecule has 0 atom stereocenters. The second-order valence-corrected chi connectivity index (χ2v) is 5.27. The van der Waals surface area contributed by atoms with E-state index in [2.05, 4.69) is 9.64 Å². The van der Waals surface area contributed by atoms with Gasteiger partial charge in [0.1, 0.15) is 0 Å². The first-order valence-electron chi connectivity index (χ1n) is 6.94. The zero-order valence-corrected chi connectivity index (χ0v) is 12.5. The normalized spacial score (nSPS) is 15.8. The van der Waals surface area contributed by atoms with Gasteiger partial charge in [0.05, 0.1) is 19.1 Å². The summed E-state index contributed by atoms with van der Waals surface area (Å²) in [5.74, 6) is -0.412. The number of hydrogen-bond acceptors (Lipinski definition) is 5. The highest BCUT2D eigenvalue weighted by Gasteiger charge is 2.20. The monoisotopic (exact) mass is 291 g/mol. The molecule has 0 radical (unpaired) electrons. The van der Waals surface area contributed by atoms with E-state index in [0.717, 1.165) is 31.7 Å². The van der Waals surface area contributed by atoms with E-state index in [1.807, 2.05) is 11.9 Å². The van der Waals surface area contributed by atoms with E-state index in [-0.39, 0.29) is 12.3 Å². The summed E-state index contributed by atoms with van der Waals surface area (Å²) in [5.41, 5.74) is 7.19. The predicted octanol–water partition coefficient (Wildman–Crippen LogP) is 0.372. The number of carbonyl (C=O) groups is 2. The third-order valence-electron chi connectivity index (χ3n) is 3.73. The van der Waals surface area contributed by atoms with E-state index in [1.54, 1.807) is 18.2 Å². The molecule has 0 aromatic heterocycles. The Hall–Kier alpha value is -2.08. The first-order chi connectivity index (χ1) is 10.0. The Morgan fingerprint density at radius 3 is 2.52 bits per heavy atom. The maximum absolute atomic E-state index is 12.3. The number of nitrogen functional groups attached to an aromatic ring is 1. The summed E-state index contributed by atoms with van der Waals surface area (Å²) >= 11 is 0. The lowest BCUT2D eigenvalue weighted by atomic mass is 10.1. The van der Waals surface area contributed by atoms with Crippen LogP contribution in [0.25, 0.3) is 0 Å². The van der Waals surface area contributed by atoms with Crippen molar-refractivity contribution in [2.45, 2.75) is 6.42 Å². The van der Waals surface area contributed by atoms with Crippen molar-refractivity contribution >= 4 is 17.6 Å². The van der Waals surface area contributed by atoms with Gasteiger partial charge in [0.15, 0.2) is 0 Å². The zero-order chi connectivity index (χ0) is 15.4. The SMILES string of the molecule is COC(=O)c1cc(CC(=O)N2CCN(C)CC2)ccc1N. The molecule has 1 saturated heterocycles. The Morgan fingerprint density at radius 2 is 1.90 bits per heavy atom. The number of carbonyl (C=O) groups excluding carboxylic acids is 2. The van der Waals surface area contributed by atoms with Crippen molar-refractivity contribution in [1.82, 2.24) is 9.80 Å². The molecule has 1 heterocycles. The molecule has 1 amide bonds. The first-order valence-corrected chi connectivity index (χ1v) is 6.94. The molecule has 6 heteroatoms. The molecule has 1 aliphatic rings. The van der Waals surface area contributed by atoms with Crippen LogP contribution in [0.3, 0.4) is 0 Å². The van der Waals surface area contributed by atoms with Gasteiger partial charge in [0.25, 0.3) is 0 Å². The summed E-state index contributed by atoms with van der Waals surface area (Å²) < 4.78 is 4.69. The molecule has 1 aliphatic heterocycles. The molecule has 0 unspecified atom stereocenters. The summed E-state index contributed by atoms with van der Waals surface area (Å²) in [7, 11) is 3.36. The summed E-state index contributed by atoms with van der Waals surface area (Å²) in [6, 6.07) is 5.05. The molecule has 2 N–H and O–H groups in total. The van der Waals surface area contributed by atoms with Gasteiger partial charge in [-0.1, -0.05) is 6.07 Å². The van der Waals surface area contributed by atoms with E-state index < -0.39 is 5.97 Å². The molecule has 1 aromatic rings. The van der Waals surface area contributed by atoms with Crippen LogP contribution in [0.2, 0.25) is 0 Å². The average Bonchev–Trinajstić information content (AvgIpc) is 2.49. The molecule has 114 valence electrons. The number of piperazine rings is 1. The highest BCUT2D eigenvalue weighted by molar-refractivity contribution is 5.95. The van der Waals surface area contributed by atoms with Crippen molar-refractivity contribution in [3.63, 3.8) is 0 Å². The first kappa shape index (κ1) is 15.3. The highest BCUT2D eigenvalue weighted by Crippen LogP contribution is 2.16. The molecule has 1 aromatic carbocycles. The Labute approximate surface area is 124 Å². The minimum absolute atomic E-state index is 0.0729. The van der Waals surface area contributed by atoms with Crippen LogP contribution in [0, 0.1) is 0 Å². The van der Waals surface area contributed by atoms with Crippen LogP contribution in [0.5, 0.6) is 0 Å². The average molecular weight is 291 g/mol. The van der Waals surface area contributed by atoms with Gasteiger partial charge in [0, 0.05) is 31.9 Å². The van der Waals surface area contributed by atoms with Crippen LogP contribution < -0.4 is 5.73 Å². The van der Waals surface area contributed by atoms with Crippen molar-refractivity contribution in [2.24, 2.45) is 0 Å². The fourth-order valence-electron chi connectivity index (χ4n) is 2.34. The molecule has 0 bridgehead atoms. The topological polar surface area (TPSA) is 75.9 Å². The third-order valence-corrected chi connectivity index (χ3v) is 3.73. The lowest BCUT2D eigenvalue weighted by molar-refractivity contribution is -0.132. The lowest BCUT2D eigenvalue weighted by Gasteiger charge is -2.32. The number of amides is 1. The second-order valence-electron chi connectivity index (χ2n) is 5.27. The Bertz CT molecular complexity index is 537. The second kappa shape index (κ2) is 6.58. The zero-order valence-electron chi connectivity index (χ0n) is 12.5. The quantitative estimate of drug-likeness (QED) is 0.643. The van der Waals surface area contributed by atoms with E-state index in [0.29, 0.717) is 11.3 Å². The molecule has 6 nitrogen and oxygen atoms in total. The standard InChI is InChI=1S/C15H21N3O3/c1-17-5-7-18(8-6-17)14(19)10-11-3-4-13(16)12(9-11)15(20)21-2/h3-4,9H,5-8,10,16H2,1-2H3. The van der Waals surface area contributed by atoms with E-state index >= 15 is 0 Å². The lowest BCUT2D eigenvalue weighted by Crippen LogP contribution is -2.47. The van der Waals surface area contributed by atoms with Gasteiger partial charge in [-0.2, -0.15) is 0 Å². The van der Waals surface area contributed by atoms with Crippen LogP contribution in [0.1, 0.15) is 15.9 Å². The van der Waals surface area contributed by atoms with Crippen LogP contribution in [0.15, 0.2) is 18.2 Å². The van der Waals surface area contributed by atoms with Crippen LogP contribution in [-0.2, 0) is 16.0 Å². The van der Waals surface area contributed by atoms with Crippen molar-refractivity contribution in [2.75, 3.05) is 46.1 Å². The molecule has 0 aliphatic carbocycles. The Balaban J connectivity index is 2.05. The number of benzene rings is 1. The van der Waals surface area contributed by atoms with Crippen molar-refractivity contribution < 1.29 is 14.3 Å². The summed E-state index contributed by atoms with van der Waals surface area (Å²) in [5, 5.41) is 0. The number of methoxy groups -OCH3 is 1. The van der Waals surface area contributed by atoms with E-state index in [9.17, 15) is 9.59 Å². The number of hydrogen-bond donors (Lipinski definition) is 1. The van der Waals surface area contributed by atoms with Gasteiger partial charge in [-0.15, -0.1) is 0 Å². The van der Waals surface area contributed by atoms with Gasteiger partial charge >= 0.3 is 5.97 Å². The third kappa shape index (κ3) is 3.72. The highest BCUT2D eigenvalue weighted by atomic mass is 16.5. The molecule has 0 spiro atoms. The molecule has 0 saturated carbocycles. The minimum atomic E-state index is -0.485. The van der Waals surface area contributed by atoms with Gasteiger partial charge in [-0.25, -0.2) is 4.79 Å². The van der Waals surface area contributed by atoms with Gasteiger partial charge < -0.3 is 20.3 Å². The number of nitrogens with two attached hydrogens (primary N) is 1. The van der Waals surface area contributed by atoms with E-state index in [1.165, 1.54) is 7.11 Å². The fourth-order valence-corrected chi connectivity index (χ4v) is 2.34. The predicted molar refractivity (Wildman–Crippen MR) is 80.0 cm³/mol. The molecule has 1 fully saturated rings. The van der Waals surface area contributed by atoms with Crippen LogP contribution in [-0.4, -0.2) is 62.0 Å². The summed E-state index contributed by atoms with van der Waals surface area (Å²) in [4.78, 5) is 27.9. The Morgan fingerprint density at radius 1 is 1.24 bits per heavy atom. The van der Waals surface area contributed by atoms with Gasteiger partial charge in [-0.05, 0) is 24.7 Å². The molecule has 2 rings (SSSR count). The maximum atomic E-state index is 12.3. The molecule has 21 heavy (non-hydrogen) atoms. The van der Waals surface area contributed by atoms with Gasteiger partial charge in [-0.3, -0.25) is 4.79 Å².